The average molecular weight is 322 g/mol. The molecule has 3 rings (SSSR count). The Morgan fingerprint density at radius 1 is 1.00 bits per heavy atom. The van der Waals surface area contributed by atoms with Gasteiger partial charge < -0.3 is 10.2 Å². The lowest BCUT2D eigenvalue weighted by Crippen LogP contribution is -2.29. The van der Waals surface area contributed by atoms with Crippen molar-refractivity contribution in [2.24, 2.45) is 11.8 Å². The molecular weight excluding hydrogens is 300 g/mol. The Kier molecular flexibility index (Phi) is 4.38. The lowest BCUT2D eigenvalue weighted by Gasteiger charge is -2.17. The maximum Gasteiger partial charge on any atom is 0.230 e. The Balaban J connectivity index is 1.61. The third kappa shape index (κ3) is 3.32. The summed E-state index contributed by atoms with van der Waals surface area (Å²) in [4.78, 5) is 26.5. The Labute approximate surface area is 142 Å². The monoisotopic (exact) mass is 322 g/mol. The molecule has 4 nitrogen and oxygen atoms in total. The molecule has 1 saturated carbocycles. The minimum absolute atomic E-state index is 0.00133. The average Bonchev–Trinajstić information content (AvgIpc) is 3.38. The first-order chi connectivity index (χ1) is 11.5. The van der Waals surface area contributed by atoms with Crippen LogP contribution in [0.2, 0.25) is 0 Å². The molecule has 2 aromatic rings. The van der Waals surface area contributed by atoms with E-state index in [-0.39, 0.29) is 23.7 Å². The molecular formula is C20H22N2O2. The highest BCUT2D eigenvalue weighted by Gasteiger charge is 2.49. The largest absolute Gasteiger partial charge is 0.326 e. The molecule has 0 spiro atoms. The molecule has 1 fully saturated rings. The zero-order valence-corrected chi connectivity index (χ0v) is 14.2. The number of hydrogen-bond acceptors (Lipinski definition) is 2. The minimum atomic E-state index is -0.231. The molecule has 0 radical (unpaired) electrons. The quantitative estimate of drug-likeness (QED) is 0.936. The predicted octanol–water partition coefficient (Wildman–Crippen LogP) is 3.54. The normalized spacial score (nSPS) is 18.8. The number of hydrogen-bond donors (Lipinski definition) is 1. The first-order valence-corrected chi connectivity index (χ1v) is 8.18. The summed E-state index contributed by atoms with van der Waals surface area (Å²) in [7, 11) is 1.76. The fourth-order valence-corrected chi connectivity index (χ4v) is 2.84. The van der Waals surface area contributed by atoms with Crippen LogP contribution in [-0.2, 0) is 9.59 Å². The second kappa shape index (κ2) is 6.48. The summed E-state index contributed by atoms with van der Waals surface area (Å²) in [5.74, 6) is -0.522. The molecule has 0 bridgehead atoms. The van der Waals surface area contributed by atoms with Crippen LogP contribution in [0, 0.1) is 25.7 Å². The third-order valence-electron chi connectivity index (χ3n) is 4.69. The van der Waals surface area contributed by atoms with Crippen molar-refractivity contribution in [1.29, 1.82) is 0 Å². The summed E-state index contributed by atoms with van der Waals surface area (Å²) < 4.78 is 0. The Hall–Kier alpha value is -2.62. The summed E-state index contributed by atoms with van der Waals surface area (Å²) in [5.41, 5.74) is 3.97. The molecule has 0 aliphatic heterocycles. The highest BCUT2D eigenvalue weighted by atomic mass is 16.2. The smallest absolute Gasteiger partial charge is 0.230 e. The van der Waals surface area contributed by atoms with Crippen LogP contribution in [0.1, 0.15) is 17.5 Å². The van der Waals surface area contributed by atoms with Gasteiger partial charge in [-0.25, -0.2) is 0 Å². The highest BCUT2D eigenvalue weighted by molar-refractivity contribution is 6.04. The zero-order valence-electron chi connectivity index (χ0n) is 14.2. The van der Waals surface area contributed by atoms with E-state index in [1.54, 1.807) is 11.9 Å². The second-order valence-corrected chi connectivity index (χ2v) is 6.47. The van der Waals surface area contributed by atoms with Crippen molar-refractivity contribution in [3.63, 3.8) is 0 Å². The molecule has 2 aromatic carbocycles. The number of nitrogens with zero attached hydrogens (tertiary/aromatic N) is 1. The van der Waals surface area contributed by atoms with Gasteiger partial charge in [0.25, 0.3) is 0 Å². The molecule has 2 unspecified atom stereocenters. The van der Waals surface area contributed by atoms with E-state index in [2.05, 4.69) is 5.32 Å². The van der Waals surface area contributed by atoms with Gasteiger partial charge in [-0.2, -0.15) is 0 Å². The van der Waals surface area contributed by atoms with Crippen LogP contribution >= 0.6 is 0 Å². The van der Waals surface area contributed by atoms with E-state index in [0.717, 1.165) is 16.9 Å². The maximum absolute atomic E-state index is 12.5. The van der Waals surface area contributed by atoms with Crippen LogP contribution in [0.3, 0.4) is 0 Å². The number of nitrogens with one attached hydrogen (secondary N) is 1. The van der Waals surface area contributed by atoms with Gasteiger partial charge in [-0.05, 0) is 55.7 Å². The van der Waals surface area contributed by atoms with Crippen molar-refractivity contribution in [3.8, 4) is 0 Å². The van der Waals surface area contributed by atoms with Crippen molar-refractivity contribution in [2.75, 3.05) is 17.3 Å². The van der Waals surface area contributed by atoms with Crippen LogP contribution in [0.4, 0.5) is 11.4 Å². The fraction of sp³-hybridized carbons (Fsp3) is 0.300. The lowest BCUT2D eigenvalue weighted by atomic mass is 10.1. The number of carbonyl (C=O) groups is 2. The number of carbonyl (C=O) groups excluding carboxylic acids is 2. The Morgan fingerprint density at radius 3 is 2.38 bits per heavy atom. The zero-order chi connectivity index (χ0) is 17.3. The van der Waals surface area contributed by atoms with Crippen LogP contribution in [0.5, 0.6) is 0 Å². The van der Waals surface area contributed by atoms with E-state index in [4.69, 9.17) is 0 Å². The molecule has 124 valence electrons. The van der Waals surface area contributed by atoms with E-state index < -0.39 is 0 Å². The molecule has 24 heavy (non-hydrogen) atoms. The van der Waals surface area contributed by atoms with Crippen LogP contribution < -0.4 is 10.2 Å². The number of amides is 2. The van der Waals surface area contributed by atoms with Gasteiger partial charge in [-0.15, -0.1) is 0 Å². The number of rotatable bonds is 4. The van der Waals surface area contributed by atoms with Gasteiger partial charge in [0.15, 0.2) is 0 Å². The van der Waals surface area contributed by atoms with Gasteiger partial charge >= 0.3 is 0 Å². The van der Waals surface area contributed by atoms with Crippen molar-refractivity contribution in [3.05, 3.63) is 59.7 Å². The minimum Gasteiger partial charge on any atom is -0.326 e. The predicted molar refractivity (Wildman–Crippen MR) is 96.0 cm³/mol. The van der Waals surface area contributed by atoms with E-state index in [1.807, 2.05) is 62.4 Å². The first kappa shape index (κ1) is 16.2. The summed E-state index contributed by atoms with van der Waals surface area (Å²) in [5, 5.41) is 2.93. The van der Waals surface area contributed by atoms with E-state index in [9.17, 15) is 9.59 Å². The van der Waals surface area contributed by atoms with Crippen molar-refractivity contribution in [1.82, 2.24) is 0 Å². The molecule has 4 heteroatoms. The van der Waals surface area contributed by atoms with Crippen molar-refractivity contribution in [2.45, 2.75) is 20.3 Å². The lowest BCUT2D eigenvalue weighted by molar-refractivity contribution is -0.123. The van der Waals surface area contributed by atoms with Gasteiger partial charge in [0, 0.05) is 18.4 Å². The van der Waals surface area contributed by atoms with Crippen LogP contribution in [0.25, 0.3) is 0 Å². The van der Waals surface area contributed by atoms with E-state index >= 15 is 0 Å². The van der Waals surface area contributed by atoms with E-state index in [1.165, 1.54) is 5.56 Å². The summed E-state index contributed by atoms with van der Waals surface area (Å²) >= 11 is 0. The van der Waals surface area contributed by atoms with Gasteiger partial charge in [0.05, 0.1) is 11.8 Å². The number of anilines is 2. The molecule has 0 saturated heterocycles. The SMILES string of the molecule is Cc1ccc(NC(=O)C2CC2C(=O)N(C)c2ccccc2)cc1C. The van der Waals surface area contributed by atoms with Crippen LogP contribution in [0.15, 0.2) is 48.5 Å². The van der Waals surface area contributed by atoms with E-state index in [0.29, 0.717) is 6.42 Å². The van der Waals surface area contributed by atoms with Gasteiger partial charge in [-0.3, -0.25) is 9.59 Å². The van der Waals surface area contributed by atoms with Gasteiger partial charge in [0.2, 0.25) is 11.8 Å². The fourth-order valence-electron chi connectivity index (χ4n) is 2.84. The van der Waals surface area contributed by atoms with Crippen molar-refractivity contribution >= 4 is 23.2 Å². The molecule has 1 aliphatic carbocycles. The van der Waals surface area contributed by atoms with Gasteiger partial charge in [-0.1, -0.05) is 24.3 Å². The highest BCUT2D eigenvalue weighted by Crippen LogP contribution is 2.41. The Morgan fingerprint density at radius 2 is 1.71 bits per heavy atom. The molecule has 1 aliphatic rings. The number of benzene rings is 2. The Bertz CT molecular complexity index is 770. The first-order valence-electron chi connectivity index (χ1n) is 8.18. The molecule has 0 aromatic heterocycles. The topological polar surface area (TPSA) is 49.4 Å². The number of para-hydroxylation sites is 1. The number of aryl methyl sites for hydroxylation is 2. The molecule has 0 heterocycles. The summed E-state index contributed by atoms with van der Waals surface area (Å²) in [6.45, 7) is 4.05. The molecule has 2 atom stereocenters. The van der Waals surface area contributed by atoms with Crippen LogP contribution in [-0.4, -0.2) is 18.9 Å². The van der Waals surface area contributed by atoms with Crippen molar-refractivity contribution < 1.29 is 9.59 Å². The maximum atomic E-state index is 12.5. The standard InChI is InChI=1S/C20H22N2O2/c1-13-9-10-15(11-14(13)2)21-19(23)17-12-18(17)20(24)22(3)16-7-5-4-6-8-16/h4-11,17-18H,12H2,1-3H3,(H,21,23). The van der Waals surface area contributed by atoms with Gasteiger partial charge in [0.1, 0.15) is 0 Å². The summed E-state index contributed by atoms with van der Waals surface area (Å²) in [6.07, 6.45) is 0.618. The third-order valence-corrected chi connectivity index (χ3v) is 4.69. The molecule has 1 N–H and O–H groups in total. The second-order valence-electron chi connectivity index (χ2n) is 6.47. The summed E-state index contributed by atoms with van der Waals surface area (Å²) in [6, 6.07) is 15.3. The molecule has 2 amide bonds.